The molecule has 0 aliphatic carbocycles. The number of nitrogens with zero attached hydrogens (tertiary/aromatic N) is 3. The largest absolute Gasteiger partial charge is 0.394 e. The quantitative estimate of drug-likeness (QED) is 0.851. The summed E-state index contributed by atoms with van der Waals surface area (Å²) < 4.78 is 7.30. The fourth-order valence-corrected chi connectivity index (χ4v) is 3.02. The normalized spacial score (nSPS) is 18.8. The molecule has 1 saturated heterocycles. The van der Waals surface area contributed by atoms with Crippen LogP contribution in [0, 0.1) is 0 Å². The number of carbonyl (C=O) groups is 1. The first-order valence-electron chi connectivity index (χ1n) is 8.46. The maximum atomic E-state index is 12.8. The predicted molar refractivity (Wildman–Crippen MR) is 93.0 cm³/mol. The third-order valence-electron chi connectivity index (χ3n) is 4.51. The molecule has 1 aromatic heterocycles. The molecule has 1 unspecified atom stereocenters. The van der Waals surface area contributed by atoms with Gasteiger partial charge in [0, 0.05) is 32.4 Å². The van der Waals surface area contributed by atoms with E-state index in [4.69, 9.17) is 4.74 Å². The van der Waals surface area contributed by atoms with Crippen molar-refractivity contribution in [1.82, 2.24) is 19.8 Å². The number of urea groups is 1. The van der Waals surface area contributed by atoms with E-state index in [-0.39, 0.29) is 24.7 Å². The van der Waals surface area contributed by atoms with E-state index in [9.17, 15) is 9.90 Å². The van der Waals surface area contributed by atoms with Crippen LogP contribution in [0.1, 0.15) is 17.4 Å². The number of nitrogens with one attached hydrogen (secondary N) is 1. The van der Waals surface area contributed by atoms with Gasteiger partial charge in [-0.2, -0.15) is 0 Å². The van der Waals surface area contributed by atoms with Crippen LogP contribution in [0.4, 0.5) is 4.79 Å². The zero-order valence-electron chi connectivity index (χ0n) is 14.3. The molecular weight excluding hydrogens is 320 g/mol. The molecule has 2 atom stereocenters. The van der Waals surface area contributed by atoms with E-state index in [0.29, 0.717) is 26.2 Å². The van der Waals surface area contributed by atoms with Crippen molar-refractivity contribution in [2.45, 2.75) is 18.5 Å². The number of morpholine rings is 1. The zero-order chi connectivity index (χ0) is 17.6. The van der Waals surface area contributed by atoms with Crippen molar-refractivity contribution in [3.05, 3.63) is 54.1 Å². The number of rotatable bonds is 5. The average molecular weight is 344 g/mol. The van der Waals surface area contributed by atoms with Crippen LogP contribution in [0.5, 0.6) is 0 Å². The Labute approximate surface area is 147 Å². The van der Waals surface area contributed by atoms with Gasteiger partial charge >= 0.3 is 6.03 Å². The van der Waals surface area contributed by atoms with Crippen LogP contribution < -0.4 is 5.32 Å². The van der Waals surface area contributed by atoms with Crippen molar-refractivity contribution in [3.63, 3.8) is 0 Å². The van der Waals surface area contributed by atoms with E-state index < -0.39 is 0 Å². The molecule has 1 aromatic carbocycles. The molecule has 3 rings (SSSR count). The average Bonchev–Trinajstić information content (AvgIpc) is 3.06. The Morgan fingerprint density at radius 2 is 2.24 bits per heavy atom. The van der Waals surface area contributed by atoms with Crippen molar-refractivity contribution in [2.24, 2.45) is 7.05 Å². The molecule has 1 fully saturated rings. The first-order chi connectivity index (χ1) is 12.2. The number of aliphatic hydroxyl groups is 1. The van der Waals surface area contributed by atoms with Gasteiger partial charge in [0.1, 0.15) is 5.82 Å². The zero-order valence-corrected chi connectivity index (χ0v) is 14.3. The number of carbonyl (C=O) groups excluding carboxylic acids is 1. The predicted octanol–water partition coefficient (Wildman–Crippen LogP) is 1.11. The number of aliphatic hydroxyl groups excluding tert-OH is 1. The highest BCUT2D eigenvalue weighted by Gasteiger charge is 2.28. The molecule has 1 aliphatic heterocycles. The fourth-order valence-electron chi connectivity index (χ4n) is 3.02. The van der Waals surface area contributed by atoms with Crippen LogP contribution in [0.25, 0.3) is 0 Å². The van der Waals surface area contributed by atoms with E-state index >= 15 is 0 Å². The molecule has 25 heavy (non-hydrogen) atoms. The van der Waals surface area contributed by atoms with E-state index in [1.807, 2.05) is 48.1 Å². The molecule has 2 N–H and O–H groups in total. The first kappa shape index (κ1) is 17.4. The molecule has 0 saturated carbocycles. The highest BCUT2D eigenvalue weighted by Crippen LogP contribution is 2.19. The summed E-state index contributed by atoms with van der Waals surface area (Å²) >= 11 is 0. The van der Waals surface area contributed by atoms with E-state index in [0.717, 1.165) is 11.4 Å². The number of benzene rings is 1. The second-order valence-corrected chi connectivity index (χ2v) is 6.18. The lowest BCUT2D eigenvalue weighted by molar-refractivity contribution is -0.00814. The Morgan fingerprint density at radius 3 is 2.92 bits per heavy atom. The summed E-state index contributed by atoms with van der Waals surface area (Å²) in [6.45, 7) is 1.21. The number of aryl methyl sites for hydroxylation is 1. The monoisotopic (exact) mass is 344 g/mol. The lowest BCUT2D eigenvalue weighted by atomic mass is 10.0. The van der Waals surface area contributed by atoms with Crippen LogP contribution in [0.2, 0.25) is 0 Å². The minimum absolute atomic E-state index is 0.108. The Balaban J connectivity index is 1.77. The van der Waals surface area contributed by atoms with Crippen LogP contribution in [0.15, 0.2) is 42.7 Å². The van der Waals surface area contributed by atoms with Gasteiger partial charge in [-0.05, 0) is 5.56 Å². The SMILES string of the molecule is Cn1ccnc1CC(NC(=O)N1CCOC[C@H]1CO)c1ccccc1. The summed E-state index contributed by atoms with van der Waals surface area (Å²) in [6, 6.07) is 9.16. The second kappa shape index (κ2) is 8.13. The Kier molecular flexibility index (Phi) is 5.67. The summed E-state index contributed by atoms with van der Waals surface area (Å²) in [6.07, 6.45) is 4.24. The van der Waals surface area contributed by atoms with E-state index in [2.05, 4.69) is 10.3 Å². The molecule has 1 aliphatic rings. The van der Waals surface area contributed by atoms with Gasteiger partial charge in [-0.25, -0.2) is 9.78 Å². The summed E-state index contributed by atoms with van der Waals surface area (Å²) in [5.74, 6) is 0.898. The van der Waals surface area contributed by atoms with Gasteiger partial charge in [0.05, 0.1) is 31.9 Å². The molecule has 134 valence electrons. The number of hydrogen-bond acceptors (Lipinski definition) is 4. The van der Waals surface area contributed by atoms with Crippen molar-refractivity contribution >= 4 is 6.03 Å². The third kappa shape index (κ3) is 4.18. The van der Waals surface area contributed by atoms with Crippen molar-refractivity contribution in [2.75, 3.05) is 26.4 Å². The van der Waals surface area contributed by atoms with Gasteiger partial charge < -0.3 is 24.6 Å². The standard InChI is InChI=1S/C18H24N4O3/c1-21-8-7-19-17(21)11-16(14-5-3-2-4-6-14)20-18(24)22-9-10-25-13-15(22)12-23/h2-8,15-16,23H,9-13H2,1H3,(H,20,24)/t15-,16?/m1/s1. The molecule has 7 heteroatoms. The van der Waals surface area contributed by atoms with Gasteiger partial charge in [-0.3, -0.25) is 0 Å². The van der Waals surface area contributed by atoms with Gasteiger partial charge in [0.25, 0.3) is 0 Å². The highest BCUT2D eigenvalue weighted by molar-refractivity contribution is 5.75. The first-order valence-corrected chi connectivity index (χ1v) is 8.46. The van der Waals surface area contributed by atoms with Crippen LogP contribution >= 0.6 is 0 Å². The van der Waals surface area contributed by atoms with E-state index in [1.165, 1.54) is 0 Å². The minimum Gasteiger partial charge on any atom is -0.394 e. The summed E-state index contributed by atoms with van der Waals surface area (Å²) in [5.41, 5.74) is 1.02. The van der Waals surface area contributed by atoms with Crippen molar-refractivity contribution in [1.29, 1.82) is 0 Å². The van der Waals surface area contributed by atoms with Gasteiger partial charge in [-0.1, -0.05) is 30.3 Å². The summed E-state index contributed by atoms with van der Waals surface area (Å²) in [4.78, 5) is 18.8. The Bertz CT molecular complexity index is 689. The van der Waals surface area contributed by atoms with Crippen LogP contribution in [0.3, 0.4) is 0 Å². The highest BCUT2D eigenvalue weighted by atomic mass is 16.5. The van der Waals surface area contributed by atoms with Gasteiger partial charge in [0.15, 0.2) is 0 Å². The topological polar surface area (TPSA) is 79.6 Å². The third-order valence-corrected chi connectivity index (χ3v) is 4.51. The number of amides is 2. The summed E-state index contributed by atoms with van der Waals surface area (Å²) in [5, 5.41) is 12.6. The lowest BCUT2D eigenvalue weighted by Crippen LogP contribution is -2.54. The maximum Gasteiger partial charge on any atom is 0.318 e. The number of ether oxygens (including phenoxy) is 1. The van der Waals surface area contributed by atoms with Crippen molar-refractivity contribution < 1.29 is 14.6 Å². The second-order valence-electron chi connectivity index (χ2n) is 6.18. The molecule has 2 heterocycles. The van der Waals surface area contributed by atoms with Crippen LogP contribution in [-0.2, 0) is 18.2 Å². The molecule has 7 nitrogen and oxygen atoms in total. The van der Waals surface area contributed by atoms with Crippen LogP contribution in [-0.4, -0.2) is 58.0 Å². The lowest BCUT2D eigenvalue weighted by Gasteiger charge is -2.35. The molecule has 2 amide bonds. The van der Waals surface area contributed by atoms with Gasteiger partial charge in [-0.15, -0.1) is 0 Å². The van der Waals surface area contributed by atoms with Gasteiger partial charge in [0.2, 0.25) is 0 Å². The number of aromatic nitrogens is 2. The molecule has 0 radical (unpaired) electrons. The number of hydrogen-bond donors (Lipinski definition) is 2. The Morgan fingerprint density at radius 1 is 1.44 bits per heavy atom. The number of imidazole rings is 1. The molecule has 2 aromatic rings. The van der Waals surface area contributed by atoms with E-state index in [1.54, 1.807) is 11.1 Å². The Hall–Kier alpha value is -2.38. The minimum atomic E-state index is -0.307. The molecule has 0 spiro atoms. The molecule has 0 bridgehead atoms. The molecular formula is C18H24N4O3. The smallest absolute Gasteiger partial charge is 0.318 e. The van der Waals surface area contributed by atoms with Crippen molar-refractivity contribution in [3.8, 4) is 0 Å². The summed E-state index contributed by atoms with van der Waals surface area (Å²) in [7, 11) is 1.94. The maximum absolute atomic E-state index is 12.8. The fraction of sp³-hybridized carbons (Fsp3) is 0.444.